The SMILES string of the molecule is O=C(CN1C(=O)SC(=Cc2cccc(Cl)c2)C1=O)NCCc1c[nH]c2ccccc12. The zero-order valence-corrected chi connectivity index (χ0v) is 17.4. The quantitative estimate of drug-likeness (QED) is 0.563. The second-order valence-corrected chi connectivity index (χ2v) is 8.21. The Balaban J connectivity index is 1.34. The minimum atomic E-state index is -0.475. The van der Waals surface area contributed by atoms with Crippen molar-refractivity contribution in [1.29, 1.82) is 0 Å². The van der Waals surface area contributed by atoms with Crippen LogP contribution in [0, 0.1) is 0 Å². The van der Waals surface area contributed by atoms with Crippen LogP contribution in [0.2, 0.25) is 5.02 Å². The highest BCUT2D eigenvalue weighted by Crippen LogP contribution is 2.32. The van der Waals surface area contributed by atoms with Crippen molar-refractivity contribution in [3.63, 3.8) is 0 Å². The van der Waals surface area contributed by atoms with Crippen LogP contribution < -0.4 is 5.32 Å². The summed E-state index contributed by atoms with van der Waals surface area (Å²) in [6.45, 7) is 0.112. The van der Waals surface area contributed by atoms with Gasteiger partial charge in [-0.2, -0.15) is 0 Å². The summed E-state index contributed by atoms with van der Waals surface area (Å²) in [5, 5.41) is 3.98. The summed E-state index contributed by atoms with van der Waals surface area (Å²) in [5.41, 5.74) is 2.86. The number of aromatic amines is 1. The average molecular weight is 440 g/mol. The van der Waals surface area contributed by atoms with Gasteiger partial charge in [-0.15, -0.1) is 0 Å². The summed E-state index contributed by atoms with van der Waals surface area (Å²) in [6.07, 6.45) is 4.17. The Morgan fingerprint density at radius 3 is 2.83 bits per heavy atom. The van der Waals surface area contributed by atoms with Crippen LogP contribution in [0.5, 0.6) is 0 Å². The van der Waals surface area contributed by atoms with E-state index in [4.69, 9.17) is 11.6 Å². The predicted molar refractivity (Wildman–Crippen MR) is 119 cm³/mol. The van der Waals surface area contributed by atoms with Gasteiger partial charge in [-0.05, 0) is 53.6 Å². The van der Waals surface area contributed by atoms with E-state index in [9.17, 15) is 14.4 Å². The third-order valence-corrected chi connectivity index (χ3v) is 5.86. The molecular formula is C22H18ClN3O3S. The number of carbonyl (C=O) groups excluding carboxylic acids is 3. The molecule has 3 aromatic rings. The number of amides is 3. The molecule has 0 unspecified atom stereocenters. The average Bonchev–Trinajstić information content (AvgIpc) is 3.24. The summed E-state index contributed by atoms with van der Waals surface area (Å²) < 4.78 is 0. The molecule has 3 amide bonds. The van der Waals surface area contributed by atoms with E-state index < -0.39 is 11.1 Å². The Hall–Kier alpha value is -3.03. The van der Waals surface area contributed by atoms with Gasteiger partial charge in [0.05, 0.1) is 4.91 Å². The van der Waals surface area contributed by atoms with Crippen molar-refractivity contribution in [2.45, 2.75) is 6.42 Å². The minimum Gasteiger partial charge on any atom is -0.361 e. The van der Waals surface area contributed by atoms with Gasteiger partial charge in [-0.3, -0.25) is 19.3 Å². The molecule has 152 valence electrons. The second-order valence-electron chi connectivity index (χ2n) is 6.78. The van der Waals surface area contributed by atoms with E-state index in [1.54, 1.807) is 30.3 Å². The van der Waals surface area contributed by atoms with Crippen LogP contribution >= 0.6 is 23.4 Å². The lowest BCUT2D eigenvalue weighted by molar-refractivity contribution is -0.129. The summed E-state index contributed by atoms with van der Waals surface area (Å²) in [7, 11) is 0. The lowest BCUT2D eigenvalue weighted by Gasteiger charge is -2.12. The molecule has 2 heterocycles. The number of imide groups is 1. The molecule has 1 aliphatic heterocycles. The van der Waals surface area contributed by atoms with E-state index in [1.165, 1.54) is 0 Å². The standard InChI is InChI=1S/C22H18ClN3O3S/c23-16-5-3-4-14(10-16)11-19-21(28)26(22(29)30-19)13-20(27)24-9-8-15-12-25-18-7-2-1-6-17(15)18/h1-7,10-12,25H,8-9,13H2,(H,24,27). The number of rotatable bonds is 6. The molecular weight excluding hydrogens is 422 g/mol. The Labute approximate surface area is 182 Å². The molecule has 30 heavy (non-hydrogen) atoms. The topological polar surface area (TPSA) is 82.3 Å². The Morgan fingerprint density at radius 2 is 2.00 bits per heavy atom. The smallest absolute Gasteiger partial charge is 0.294 e. The second kappa shape index (κ2) is 8.77. The fourth-order valence-electron chi connectivity index (χ4n) is 3.26. The van der Waals surface area contributed by atoms with E-state index in [-0.39, 0.29) is 17.4 Å². The first-order valence-corrected chi connectivity index (χ1v) is 10.5. The molecule has 1 aliphatic rings. The number of H-pyrrole nitrogens is 1. The van der Waals surface area contributed by atoms with Gasteiger partial charge in [-0.25, -0.2) is 0 Å². The summed E-state index contributed by atoms with van der Waals surface area (Å²) in [6, 6.07) is 14.9. The number of halogens is 1. The molecule has 0 spiro atoms. The normalized spacial score (nSPS) is 15.4. The fraction of sp³-hybridized carbons (Fsp3) is 0.136. The number of aromatic nitrogens is 1. The maximum atomic E-state index is 12.5. The molecule has 4 rings (SSSR count). The number of benzene rings is 2. The first-order chi connectivity index (χ1) is 14.5. The number of thioether (sulfide) groups is 1. The highest BCUT2D eigenvalue weighted by Gasteiger charge is 2.36. The lowest BCUT2D eigenvalue weighted by Crippen LogP contribution is -2.40. The van der Waals surface area contributed by atoms with Crippen molar-refractivity contribution in [2.75, 3.05) is 13.1 Å². The third kappa shape index (κ3) is 4.42. The highest BCUT2D eigenvalue weighted by molar-refractivity contribution is 8.18. The maximum Gasteiger partial charge on any atom is 0.294 e. The minimum absolute atomic E-state index is 0.272. The van der Waals surface area contributed by atoms with Gasteiger partial charge in [0, 0.05) is 28.7 Å². The van der Waals surface area contributed by atoms with Crippen molar-refractivity contribution in [1.82, 2.24) is 15.2 Å². The van der Waals surface area contributed by atoms with E-state index in [1.807, 2.05) is 30.5 Å². The molecule has 1 aromatic heterocycles. The fourth-order valence-corrected chi connectivity index (χ4v) is 4.30. The van der Waals surface area contributed by atoms with Gasteiger partial charge < -0.3 is 10.3 Å². The van der Waals surface area contributed by atoms with Gasteiger partial charge in [0.1, 0.15) is 6.54 Å². The number of fused-ring (bicyclic) bond motifs is 1. The molecule has 2 aromatic carbocycles. The number of nitrogens with one attached hydrogen (secondary N) is 2. The van der Waals surface area contributed by atoms with Gasteiger partial charge >= 0.3 is 0 Å². The van der Waals surface area contributed by atoms with E-state index in [0.717, 1.165) is 38.7 Å². The van der Waals surface area contributed by atoms with Gasteiger partial charge in [0.15, 0.2) is 0 Å². The molecule has 0 radical (unpaired) electrons. The highest BCUT2D eigenvalue weighted by atomic mass is 35.5. The van der Waals surface area contributed by atoms with Crippen LogP contribution in [0.15, 0.2) is 59.6 Å². The van der Waals surface area contributed by atoms with Crippen molar-refractivity contribution >= 4 is 57.4 Å². The molecule has 0 saturated carbocycles. The molecule has 2 N–H and O–H groups in total. The summed E-state index contributed by atoms with van der Waals surface area (Å²) >= 11 is 6.78. The zero-order chi connectivity index (χ0) is 21.1. The zero-order valence-electron chi connectivity index (χ0n) is 15.9. The van der Waals surface area contributed by atoms with Crippen LogP contribution in [0.3, 0.4) is 0 Å². The number of nitrogens with zero attached hydrogens (tertiary/aromatic N) is 1. The lowest BCUT2D eigenvalue weighted by atomic mass is 10.1. The molecule has 0 bridgehead atoms. The van der Waals surface area contributed by atoms with Gasteiger partial charge in [0.25, 0.3) is 11.1 Å². The first-order valence-electron chi connectivity index (χ1n) is 9.34. The van der Waals surface area contributed by atoms with Crippen LogP contribution in [-0.4, -0.2) is 40.0 Å². The number of hydrogen-bond acceptors (Lipinski definition) is 4. The van der Waals surface area contributed by atoms with E-state index in [2.05, 4.69) is 10.3 Å². The number of para-hydroxylation sites is 1. The molecule has 8 heteroatoms. The number of carbonyl (C=O) groups is 3. The maximum absolute atomic E-state index is 12.5. The molecule has 6 nitrogen and oxygen atoms in total. The monoisotopic (exact) mass is 439 g/mol. The molecule has 1 fully saturated rings. The largest absolute Gasteiger partial charge is 0.361 e. The van der Waals surface area contributed by atoms with Crippen molar-refractivity contribution in [3.8, 4) is 0 Å². The Morgan fingerprint density at radius 1 is 1.17 bits per heavy atom. The predicted octanol–water partition coefficient (Wildman–Crippen LogP) is 4.22. The van der Waals surface area contributed by atoms with Gasteiger partial charge in [-0.1, -0.05) is 41.9 Å². The van der Waals surface area contributed by atoms with E-state index >= 15 is 0 Å². The van der Waals surface area contributed by atoms with Crippen LogP contribution in [0.4, 0.5) is 4.79 Å². The number of hydrogen-bond donors (Lipinski definition) is 2. The van der Waals surface area contributed by atoms with Gasteiger partial charge in [0.2, 0.25) is 5.91 Å². The summed E-state index contributed by atoms with van der Waals surface area (Å²) in [5.74, 6) is -0.849. The summed E-state index contributed by atoms with van der Waals surface area (Å²) in [4.78, 5) is 41.5. The van der Waals surface area contributed by atoms with E-state index in [0.29, 0.717) is 18.0 Å². The Kier molecular flexibility index (Phi) is 5.92. The Bertz CT molecular complexity index is 1170. The van der Waals surface area contributed by atoms with Crippen molar-refractivity contribution in [2.24, 2.45) is 0 Å². The molecule has 0 aliphatic carbocycles. The third-order valence-electron chi connectivity index (χ3n) is 4.71. The van der Waals surface area contributed by atoms with Crippen LogP contribution in [0.1, 0.15) is 11.1 Å². The van der Waals surface area contributed by atoms with Crippen LogP contribution in [0.25, 0.3) is 17.0 Å². The molecule has 0 atom stereocenters. The van der Waals surface area contributed by atoms with Crippen molar-refractivity contribution in [3.05, 3.63) is 75.8 Å². The first kappa shape index (κ1) is 20.3. The molecule has 1 saturated heterocycles. The van der Waals surface area contributed by atoms with Crippen molar-refractivity contribution < 1.29 is 14.4 Å². The van der Waals surface area contributed by atoms with Crippen LogP contribution in [-0.2, 0) is 16.0 Å².